The first kappa shape index (κ1) is 15.4. The van der Waals surface area contributed by atoms with Crippen LogP contribution in [0.15, 0.2) is 35.1 Å². The Labute approximate surface area is 135 Å². The van der Waals surface area contributed by atoms with E-state index in [4.69, 9.17) is 0 Å². The minimum Gasteiger partial charge on any atom is -0.335 e. The molecule has 1 aliphatic rings. The number of benzene rings is 1. The van der Waals surface area contributed by atoms with Crippen LogP contribution < -0.4 is 16.3 Å². The van der Waals surface area contributed by atoms with Crippen LogP contribution in [0.4, 0.5) is 10.6 Å². The Balaban J connectivity index is 1.85. The lowest BCUT2D eigenvalue weighted by atomic mass is 10.2. The highest BCUT2D eigenvalue weighted by molar-refractivity contribution is 5.89. The maximum absolute atomic E-state index is 12.5. The maximum atomic E-state index is 12.5. The Morgan fingerprint density at radius 3 is 2.48 bits per heavy atom. The SMILES string of the molecule is Cc1c(NC(=O)NC2CCCC2)n(C)c(=O)n1-c1ccccc1. The van der Waals surface area contributed by atoms with Crippen LogP contribution in [0.1, 0.15) is 31.4 Å². The molecule has 0 radical (unpaired) electrons. The Morgan fingerprint density at radius 2 is 1.83 bits per heavy atom. The summed E-state index contributed by atoms with van der Waals surface area (Å²) in [7, 11) is 1.67. The molecule has 1 fully saturated rings. The van der Waals surface area contributed by atoms with Gasteiger partial charge in [0.1, 0.15) is 5.82 Å². The van der Waals surface area contributed by atoms with E-state index in [0.29, 0.717) is 11.5 Å². The Bertz CT molecular complexity index is 755. The Kier molecular flexibility index (Phi) is 4.23. The minimum atomic E-state index is -0.249. The fourth-order valence-corrected chi connectivity index (χ4v) is 3.19. The van der Waals surface area contributed by atoms with Gasteiger partial charge in [-0.05, 0) is 31.9 Å². The molecule has 1 aromatic heterocycles. The van der Waals surface area contributed by atoms with Crippen LogP contribution >= 0.6 is 0 Å². The predicted octanol–water partition coefficient (Wildman–Crippen LogP) is 2.55. The highest BCUT2D eigenvalue weighted by atomic mass is 16.2. The third-order valence-electron chi connectivity index (χ3n) is 4.43. The number of amides is 2. The zero-order chi connectivity index (χ0) is 16.4. The molecule has 0 saturated heterocycles. The second-order valence-corrected chi connectivity index (χ2v) is 6.03. The van der Waals surface area contributed by atoms with Crippen molar-refractivity contribution in [2.75, 3.05) is 5.32 Å². The summed E-state index contributed by atoms with van der Waals surface area (Å²) in [5, 5.41) is 5.80. The van der Waals surface area contributed by atoms with Gasteiger partial charge in [0.25, 0.3) is 0 Å². The summed E-state index contributed by atoms with van der Waals surface area (Å²) in [5.74, 6) is 0.523. The van der Waals surface area contributed by atoms with Gasteiger partial charge in [-0.25, -0.2) is 9.59 Å². The van der Waals surface area contributed by atoms with E-state index in [9.17, 15) is 9.59 Å². The van der Waals surface area contributed by atoms with Gasteiger partial charge in [0, 0.05) is 13.1 Å². The van der Waals surface area contributed by atoms with Gasteiger partial charge in [-0.15, -0.1) is 0 Å². The topological polar surface area (TPSA) is 68.1 Å². The lowest BCUT2D eigenvalue weighted by Crippen LogP contribution is -2.37. The molecule has 2 aromatic rings. The van der Waals surface area contributed by atoms with Crippen LogP contribution in [0.25, 0.3) is 5.69 Å². The average molecular weight is 314 g/mol. The van der Waals surface area contributed by atoms with Crippen LogP contribution in [0.3, 0.4) is 0 Å². The molecule has 0 spiro atoms. The quantitative estimate of drug-likeness (QED) is 0.914. The number of carbonyl (C=O) groups is 1. The van der Waals surface area contributed by atoms with Crippen molar-refractivity contribution in [3.05, 3.63) is 46.5 Å². The van der Waals surface area contributed by atoms with Crippen molar-refractivity contribution >= 4 is 11.8 Å². The summed E-state index contributed by atoms with van der Waals surface area (Å²) in [6.07, 6.45) is 4.37. The minimum absolute atomic E-state index is 0.176. The maximum Gasteiger partial charge on any atom is 0.334 e. The smallest absolute Gasteiger partial charge is 0.334 e. The number of nitrogens with zero attached hydrogens (tertiary/aromatic N) is 2. The lowest BCUT2D eigenvalue weighted by Gasteiger charge is -2.13. The van der Waals surface area contributed by atoms with Crippen molar-refractivity contribution < 1.29 is 4.79 Å². The second-order valence-electron chi connectivity index (χ2n) is 6.03. The number of carbonyl (C=O) groups excluding carboxylic acids is 1. The van der Waals surface area contributed by atoms with E-state index >= 15 is 0 Å². The monoisotopic (exact) mass is 314 g/mol. The highest BCUT2D eigenvalue weighted by Crippen LogP contribution is 2.19. The first-order chi connectivity index (χ1) is 11.1. The number of para-hydroxylation sites is 1. The van der Waals surface area contributed by atoms with E-state index in [0.717, 1.165) is 31.4 Å². The molecular formula is C17H22N4O2. The number of rotatable bonds is 3. The van der Waals surface area contributed by atoms with Crippen LogP contribution in [-0.2, 0) is 7.05 Å². The fraction of sp³-hybridized carbons (Fsp3) is 0.412. The summed E-state index contributed by atoms with van der Waals surface area (Å²) in [6, 6.07) is 9.40. The van der Waals surface area contributed by atoms with E-state index in [-0.39, 0.29) is 17.8 Å². The van der Waals surface area contributed by atoms with Crippen LogP contribution in [-0.4, -0.2) is 21.2 Å². The van der Waals surface area contributed by atoms with Gasteiger partial charge in [-0.3, -0.25) is 14.5 Å². The molecule has 0 unspecified atom stereocenters. The number of aromatic nitrogens is 2. The summed E-state index contributed by atoms with van der Waals surface area (Å²) in [6.45, 7) is 1.83. The third-order valence-corrected chi connectivity index (χ3v) is 4.43. The third kappa shape index (κ3) is 3.02. The van der Waals surface area contributed by atoms with E-state index in [1.807, 2.05) is 37.3 Å². The first-order valence-corrected chi connectivity index (χ1v) is 7.99. The molecule has 1 saturated carbocycles. The standard InChI is InChI=1S/C17H22N4O2/c1-12-15(19-16(22)18-13-8-6-7-9-13)20(2)17(23)21(12)14-10-4-3-5-11-14/h3-5,10-11,13H,6-9H2,1-2H3,(H2,18,19,22). The van der Waals surface area contributed by atoms with Crippen molar-refractivity contribution in [2.45, 2.75) is 38.6 Å². The zero-order valence-corrected chi connectivity index (χ0v) is 13.5. The number of urea groups is 1. The number of anilines is 1. The lowest BCUT2D eigenvalue weighted by molar-refractivity contribution is 0.248. The Hall–Kier alpha value is -2.50. The summed E-state index contributed by atoms with van der Waals surface area (Å²) in [4.78, 5) is 24.7. The molecule has 122 valence electrons. The van der Waals surface area contributed by atoms with Crippen molar-refractivity contribution in [2.24, 2.45) is 7.05 Å². The van der Waals surface area contributed by atoms with E-state index < -0.39 is 0 Å². The van der Waals surface area contributed by atoms with Gasteiger partial charge in [0.15, 0.2) is 0 Å². The van der Waals surface area contributed by atoms with E-state index in [1.54, 1.807) is 11.6 Å². The van der Waals surface area contributed by atoms with Gasteiger partial charge >= 0.3 is 11.7 Å². The Morgan fingerprint density at radius 1 is 1.17 bits per heavy atom. The summed E-state index contributed by atoms with van der Waals surface area (Å²) < 4.78 is 3.07. The molecule has 1 heterocycles. The second kappa shape index (κ2) is 6.32. The van der Waals surface area contributed by atoms with E-state index in [1.165, 1.54) is 4.57 Å². The molecule has 3 rings (SSSR count). The largest absolute Gasteiger partial charge is 0.335 e. The average Bonchev–Trinajstić information content (AvgIpc) is 3.12. The number of hydrogen-bond acceptors (Lipinski definition) is 2. The van der Waals surface area contributed by atoms with Crippen molar-refractivity contribution in [3.63, 3.8) is 0 Å². The van der Waals surface area contributed by atoms with Crippen molar-refractivity contribution in [1.82, 2.24) is 14.5 Å². The van der Waals surface area contributed by atoms with Crippen LogP contribution in [0.5, 0.6) is 0 Å². The summed E-state index contributed by atoms with van der Waals surface area (Å²) in [5.41, 5.74) is 1.32. The zero-order valence-electron chi connectivity index (χ0n) is 13.5. The molecule has 1 aromatic carbocycles. The predicted molar refractivity (Wildman–Crippen MR) is 90.2 cm³/mol. The molecule has 6 nitrogen and oxygen atoms in total. The van der Waals surface area contributed by atoms with Crippen LogP contribution in [0.2, 0.25) is 0 Å². The molecule has 2 amide bonds. The summed E-state index contributed by atoms with van der Waals surface area (Å²) >= 11 is 0. The van der Waals surface area contributed by atoms with Gasteiger partial charge in [-0.1, -0.05) is 31.0 Å². The molecule has 6 heteroatoms. The van der Waals surface area contributed by atoms with Gasteiger partial charge in [0.2, 0.25) is 0 Å². The van der Waals surface area contributed by atoms with Crippen molar-refractivity contribution in [3.8, 4) is 5.69 Å². The van der Waals surface area contributed by atoms with Crippen LogP contribution in [0, 0.1) is 6.92 Å². The van der Waals surface area contributed by atoms with Crippen molar-refractivity contribution in [1.29, 1.82) is 0 Å². The molecule has 2 N–H and O–H groups in total. The highest BCUT2D eigenvalue weighted by Gasteiger charge is 2.20. The van der Waals surface area contributed by atoms with E-state index in [2.05, 4.69) is 10.6 Å². The molecule has 0 aliphatic heterocycles. The molecule has 1 aliphatic carbocycles. The van der Waals surface area contributed by atoms with Gasteiger partial charge in [-0.2, -0.15) is 0 Å². The van der Waals surface area contributed by atoms with Gasteiger partial charge in [0.05, 0.1) is 11.4 Å². The number of nitrogens with one attached hydrogen (secondary N) is 2. The van der Waals surface area contributed by atoms with Gasteiger partial charge < -0.3 is 5.32 Å². The normalized spacial score (nSPS) is 14.9. The number of hydrogen-bond donors (Lipinski definition) is 2. The number of imidazole rings is 1. The molecular weight excluding hydrogens is 292 g/mol. The molecule has 0 bridgehead atoms. The fourth-order valence-electron chi connectivity index (χ4n) is 3.19. The first-order valence-electron chi connectivity index (χ1n) is 7.99. The molecule has 0 atom stereocenters. The molecule has 23 heavy (non-hydrogen) atoms.